The van der Waals surface area contributed by atoms with Crippen LogP contribution in [-0.2, 0) is 16.0 Å². The molecule has 2 rings (SSSR count). The van der Waals surface area contributed by atoms with E-state index in [1.807, 2.05) is 58.0 Å². The number of benzene rings is 1. The first kappa shape index (κ1) is 21.2. The van der Waals surface area contributed by atoms with Crippen LogP contribution in [0.1, 0.15) is 46.1 Å². The molecule has 0 radical (unpaired) electrons. The van der Waals surface area contributed by atoms with Crippen LogP contribution >= 0.6 is 0 Å². The van der Waals surface area contributed by atoms with Gasteiger partial charge in [-0.05, 0) is 46.1 Å². The quantitative estimate of drug-likeness (QED) is 0.828. The average Bonchev–Trinajstić information content (AvgIpc) is 2.59. The maximum absolute atomic E-state index is 12.6. The van der Waals surface area contributed by atoms with Gasteiger partial charge in [0, 0.05) is 25.6 Å². The van der Waals surface area contributed by atoms with Gasteiger partial charge in [-0.2, -0.15) is 0 Å². The van der Waals surface area contributed by atoms with Crippen molar-refractivity contribution in [1.82, 2.24) is 10.2 Å². The van der Waals surface area contributed by atoms with E-state index in [1.54, 1.807) is 4.90 Å². The lowest BCUT2D eigenvalue weighted by Gasteiger charge is -2.39. The van der Waals surface area contributed by atoms with Crippen molar-refractivity contribution in [2.24, 2.45) is 5.92 Å². The predicted octanol–water partition coefficient (Wildman–Crippen LogP) is 2.74. The second-order valence-corrected chi connectivity index (χ2v) is 8.25. The summed E-state index contributed by atoms with van der Waals surface area (Å²) in [5, 5.41) is 13.0. The zero-order valence-electron chi connectivity index (χ0n) is 16.8. The Kier molecular flexibility index (Phi) is 7.25. The minimum atomic E-state index is -0.641. The number of carbonyl (C=O) groups is 2. The van der Waals surface area contributed by atoms with Crippen LogP contribution in [0.15, 0.2) is 30.3 Å². The summed E-state index contributed by atoms with van der Waals surface area (Å²) >= 11 is 0. The summed E-state index contributed by atoms with van der Waals surface area (Å²) in [6, 6.07) is 9.45. The Morgan fingerprint density at radius 3 is 2.59 bits per heavy atom. The van der Waals surface area contributed by atoms with Crippen LogP contribution in [-0.4, -0.2) is 52.8 Å². The number of hydrogen-bond acceptors (Lipinski definition) is 4. The van der Waals surface area contributed by atoms with E-state index in [-0.39, 0.29) is 30.5 Å². The molecule has 0 aromatic heterocycles. The Bertz CT molecular complexity index is 627. The number of ether oxygens (including phenoxy) is 1. The number of aliphatic hydroxyl groups excluding tert-OH is 1. The molecule has 0 bridgehead atoms. The molecule has 27 heavy (non-hydrogen) atoms. The summed E-state index contributed by atoms with van der Waals surface area (Å²) in [5.41, 5.74) is 0.467. The Balaban J connectivity index is 1.86. The molecule has 0 unspecified atom stereocenters. The topological polar surface area (TPSA) is 78.9 Å². The zero-order chi connectivity index (χ0) is 20.0. The number of carbonyl (C=O) groups excluding carboxylic acids is 2. The smallest absolute Gasteiger partial charge is 0.410 e. The largest absolute Gasteiger partial charge is 0.444 e. The average molecular weight is 376 g/mol. The molecule has 150 valence electrons. The van der Waals surface area contributed by atoms with Gasteiger partial charge >= 0.3 is 6.09 Å². The molecule has 0 saturated carbocycles. The van der Waals surface area contributed by atoms with Crippen LogP contribution in [0.3, 0.4) is 0 Å². The molecule has 2 amide bonds. The monoisotopic (exact) mass is 376 g/mol. The molecule has 1 aliphatic heterocycles. The zero-order valence-corrected chi connectivity index (χ0v) is 16.8. The van der Waals surface area contributed by atoms with Gasteiger partial charge in [0.25, 0.3) is 0 Å². The molecule has 3 atom stereocenters. The van der Waals surface area contributed by atoms with Crippen LogP contribution in [0, 0.1) is 5.92 Å². The van der Waals surface area contributed by atoms with Gasteiger partial charge in [-0.1, -0.05) is 30.3 Å². The predicted molar refractivity (Wildman–Crippen MR) is 104 cm³/mol. The number of hydrogen-bond donors (Lipinski definition) is 2. The van der Waals surface area contributed by atoms with E-state index in [4.69, 9.17) is 4.74 Å². The Morgan fingerprint density at radius 1 is 1.30 bits per heavy atom. The second kappa shape index (κ2) is 9.22. The van der Waals surface area contributed by atoms with E-state index in [0.29, 0.717) is 13.0 Å². The maximum atomic E-state index is 12.6. The molecule has 0 aliphatic carbocycles. The van der Waals surface area contributed by atoms with Crippen molar-refractivity contribution in [3.63, 3.8) is 0 Å². The van der Waals surface area contributed by atoms with Gasteiger partial charge in [0.2, 0.25) is 5.91 Å². The highest BCUT2D eigenvalue weighted by Gasteiger charge is 2.37. The molecule has 1 aromatic carbocycles. The standard InChI is InChI=1S/C21H32N2O4/c1-15-18(11-8-12-23(15)20(26)27-21(2,3)4)19(25)22-14-17(24)13-16-9-6-5-7-10-16/h5-7,9-10,15,17-18,24H,8,11-14H2,1-4H3,(H,22,25)/t15-,17+,18-/m1/s1. The van der Waals surface area contributed by atoms with Crippen LogP contribution in [0.25, 0.3) is 0 Å². The molecule has 0 spiro atoms. The van der Waals surface area contributed by atoms with Crippen molar-refractivity contribution in [3.8, 4) is 0 Å². The highest BCUT2D eigenvalue weighted by molar-refractivity contribution is 5.80. The number of amides is 2. The highest BCUT2D eigenvalue weighted by Crippen LogP contribution is 2.25. The lowest BCUT2D eigenvalue weighted by molar-refractivity contribution is -0.128. The molecular formula is C21H32N2O4. The van der Waals surface area contributed by atoms with E-state index in [0.717, 1.165) is 18.4 Å². The van der Waals surface area contributed by atoms with E-state index in [1.165, 1.54) is 0 Å². The third kappa shape index (κ3) is 6.54. The maximum Gasteiger partial charge on any atom is 0.410 e. The van der Waals surface area contributed by atoms with Gasteiger partial charge < -0.3 is 20.1 Å². The van der Waals surface area contributed by atoms with Crippen molar-refractivity contribution in [3.05, 3.63) is 35.9 Å². The molecule has 1 aliphatic rings. The normalized spacial score (nSPS) is 21.4. The molecule has 1 saturated heterocycles. The van der Waals surface area contributed by atoms with E-state index in [2.05, 4.69) is 5.32 Å². The fourth-order valence-electron chi connectivity index (χ4n) is 3.38. The number of nitrogens with zero attached hydrogens (tertiary/aromatic N) is 1. The Labute approximate surface area is 161 Å². The fourth-order valence-corrected chi connectivity index (χ4v) is 3.38. The van der Waals surface area contributed by atoms with Crippen LogP contribution in [0.5, 0.6) is 0 Å². The van der Waals surface area contributed by atoms with Crippen molar-refractivity contribution < 1.29 is 19.4 Å². The van der Waals surface area contributed by atoms with Crippen molar-refractivity contribution in [2.75, 3.05) is 13.1 Å². The van der Waals surface area contributed by atoms with Gasteiger partial charge in [-0.25, -0.2) is 4.79 Å². The summed E-state index contributed by atoms with van der Waals surface area (Å²) in [5.74, 6) is -0.418. The van der Waals surface area contributed by atoms with Gasteiger partial charge in [0.05, 0.1) is 12.0 Å². The second-order valence-electron chi connectivity index (χ2n) is 8.25. The Morgan fingerprint density at radius 2 is 1.96 bits per heavy atom. The van der Waals surface area contributed by atoms with Crippen LogP contribution < -0.4 is 5.32 Å². The highest BCUT2D eigenvalue weighted by atomic mass is 16.6. The van der Waals surface area contributed by atoms with Crippen LogP contribution in [0.4, 0.5) is 4.79 Å². The number of likely N-dealkylation sites (tertiary alicyclic amines) is 1. The number of aliphatic hydroxyl groups is 1. The first-order valence-electron chi connectivity index (χ1n) is 9.66. The molecule has 6 nitrogen and oxygen atoms in total. The van der Waals surface area contributed by atoms with E-state index >= 15 is 0 Å². The van der Waals surface area contributed by atoms with Gasteiger partial charge in [0.15, 0.2) is 0 Å². The van der Waals surface area contributed by atoms with Crippen molar-refractivity contribution in [2.45, 2.75) is 64.7 Å². The summed E-state index contributed by atoms with van der Waals surface area (Å²) in [7, 11) is 0. The summed E-state index contributed by atoms with van der Waals surface area (Å²) in [6.45, 7) is 8.17. The fraction of sp³-hybridized carbons (Fsp3) is 0.619. The minimum absolute atomic E-state index is 0.122. The van der Waals surface area contributed by atoms with Crippen LogP contribution in [0.2, 0.25) is 0 Å². The van der Waals surface area contributed by atoms with E-state index in [9.17, 15) is 14.7 Å². The van der Waals surface area contributed by atoms with Gasteiger partial charge in [0.1, 0.15) is 5.60 Å². The molecule has 1 aromatic rings. The molecule has 6 heteroatoms. The summed E-state index contributed by atoms with van der Waals surface area (Å²) in [4.78, 5) is 26.6. The number of rotatable bonds is 5. The lowest BCUT2D eigenvalue weighted by Crippen LogP contribution is -2.53. The number of nitrogens with one attached hydrogen (secondary N) is 1. The molecule has 1 fully saturated rings. The Hall–Kier alpha value is -2.08. The number of piperidine rings is 1. The first-order chi connectivity index (χ1) is 12.7. The minimum Gasteiger partial charge on any atom is -0.444 e. The first-order valence-corrected chi connectivity index (χ1v) is 9.66. The third-order valence-electron chi connectivity index (χ3n) is 4.78. The van der Waals surface area contributed by atoms with Crippen molar-refractivity contribution >= 4 is 12.0 Å². The molecule has 2 N–H and O–H groups in total. The molecular weight excluding hydrogens is 344 g/mol. The van der Waals surface area contributed by atoms with Gasteiger partial charge in [-0.15, -0.1) is 0 Å². The van der Waals surface area contributed by atoms with Crippen molar-refractivity contribution in [1.29, 1.82) is 0 Å². The third-order valence-corrected chi connectivity index (χ3v) is 4.78. The SMILES string of the molecule is C[C@@H]1[C@H](C(=O)NC[C@@H](O)Cc2ccccc2)CCCN1C(=O)OC(C)(C)C. The lowest BCUT2D eigenvalue weighted by atomic mass is 9.89. The molecule has 1 heterocycles. The summed E-state index contributed by atoms with van der Waals surface area (Å²) < 4.78 is 5.46. The van der Waals surface area contributed by atoms with Gasteiger partial charge in [-0.3, -0.25) is 4.79 Å². The summed E-state index contributed by atoms with van der Waals surface area (Å²) in [6.07, 6.45) is 0.953. The van der Waals surface area contributed by atoms with E-state index < -0.39 is 11.7 Å².